The van der Waals surface area contributed by atoms with Crippen molar-refractivity contribution in [2.24, 2.45) is 0 Å². The number of nitrogens with zero attached hydrogens (tertiary/aromatic N) is 2. The normalized spacial score (nSPS) is 11.5. The Bertz CT molecular complexity index is 1100. The second-order valence-electron chi connectivity index (χ2n) is 8.63. The number of carbonyl (C=O) groups is 1. The predicted molar refractivity (Wildman–Crippen MR) is 130 cm³/mol. The van der Waals surface area contributed by atoms with Crippen LogP contribution in [0.25, 0.3) is 0 Å². The Morgan fingerprint density at radius 3 is 2.53 bits per heavy atom. The van der Waals surface area contributed by atoms with Crippen LogP contribution in [0.1, 0.15) is 54.1 Å². The summed E-state index contributed by atoms with van der Waals surface area (Å²) in [6, 6.07) is 14.8. The largest absolute Gasteiger partial charge is 0.416 e. The third-order valence-electron chi connectivity index (χ3n) is 6.05. The number of anilines is 1. The maximum atomic E-state index is 13.2. The van der Waals surface area contributed by atoms with E-state index >= 15 is 0 Å². The van der Waals surface area contributed by atoms with Crippen LogP contribution in [0.2, 0.25) is 0 Å². The fourth-order valence-corrected chi connectivity index (χ4v) is 3.87. The smallest absolute Gasteiger partial charge is 0.345 e. The third kappa shape index (κ3) is 6.65. The minimum absolute atomic E-state index is 0.184. The van der Waals surface area contributed by atoms with Crippen LogP contribution in [0.5, 0.6) is 0 Å². The number of benzene rings is 2. The van der Waals surface area contributed by atoms with Crippen molar-refractivity contribution < 1.29 is 18.0 Å². The Balaban J connectivity index is 1.78. The van der Waals surface area contributed by atoms with Gasteiger partial charge in [0.05, 0.1) is 12.1 Å². The van der Waals surface area contributed by atoms with Crippen LogP contribution in [0.3, 0.4) is 0 Å². The van der Waals surface area contributed by atoms with Crippen molar-refractivity contribution >= 4 is 11.7 Å². The summed E-state index contributed by atoms with van der Waals surface area (Å²) in [7, 11) is 0. The molecule has 3 rings (SSSR count). The van der Waals surface area contributed by atoms with Crippen molar-refractivity contribution in [3.05, 3.63) is 88.7 Å². The molecule has 4 nitrogen and oxygen atoms in total. The molecule has 182 valence electrons. The predicted octanol–water partition coefficient (Wildman–Crippen LogP) is 7.40. The zero-order chi connectivity index (χ0) is 24.7. The van der Waals surface area contributed by atoms with E-state index in [9.17, 15) is 18.0 Å². The first-order valence-electron chi connectivity index (χ1n) is 11.6. The molecule has 0 unspecified atom stereocenters. The molecule has 0 bridgehead atoms. The van der Waals surface area contributed by atoms with Crippen molar-refractivity contribution in [2.75, 3.05) is 11.9 Å². The molecule has 0 saturated heterocycles. The molecule has 0 saturated carbocycles. The number of alkyl halides is 3. The molecule has 1 N–H and O–H groups in total. The first kappa shape index (κ1) is 25.4. The van der Waals surface area contributed by atoms with Gasteiger partial charge in [0.25, 0.3) is 0 Å². The molecular formula is C27H32F3N3O. The summed E-state index contributed by atoms with van der Waals surface area (Å²) in [4.78, 5) is 15.0. The van der Waals surface area contributed by atoms with E-state index in [-0.39, 0.29) is 6.03 Å². The van der Waals surface area contributed by atoms with Crippen molar-refractivity contribution in [3.8, 4) is 0 Å². The average Bonchev–Trinajstić information content (AvgIpc) is 3.22. The fraction of sp³-hybridized carbons (Fsp3) is 0.370. The van der Waals surface area contributed by atoms with Gasteiger partial charge in [-0.05, 0) is 67.3 Å². The topological polar surface area (TPSA) is 37.3 Å². The number of urea groups is 1. The lowest BCUT2D eigenvalue weighted by molar-refractivity contribution is -0.137. The van der Waals surface area contributed by atoms with Crippen molar-refractivity contribution in [1.29, 1.82) is 0 Å². The van der Waals surface area contributed by atoms with Crippen molar-refractivity contribution in [2.45, 2.75) is 59.3 Å². The summed E-state index contributed by atoms with van der Waals surface area (Å²) in [5.41, 5.74) is 3.68. The highest BCUT2D eigenvalue weighted by atomic mass is 19.4. The zero-order valence-electron chi connectivity index (χ0n) is 20.0. The van der Waals surface area contributed by atoms with Gasteiger partial charge in [-0.25, -0.2) is 4.79 Å². The lowest BCUT2D eigenvalue weighted by Crippen LogP contribution is -2.36. The van der Waals surface area contributed by atoms with Gasteiger partial charge in [-0.3, -0.25) is 0 Å². The highest BCUT2D eigenvalue weighted by Gasteiger charge is 2.30. The Labute approximate surface area is 199 Å². The standard InChI is InChI=1S/C27H32F3N3O/c1-4-5-6-15-33(26(34)31-25-14-7-10-20(2)21(25)3)19-24-13-9-16-32(24)18-22-11-8-12-23(17-22)27(28,29)30/h7-14,16-17H,4-6,15,18-19H2,1-3H3,(H,31,34). The van der Waals surface area contributed by atoms with Gasteiger partial charge in [-0.15, -0.1) is 0 Å². The van der Waals surface area contributed by atoms with E-state index < -0.39 is 11.7 Å². The zero-order valence-corrected chi connectivity index (χ0v) is 20.0. The number of aryl methyl sites for hydroxylation is 1. The summed E-state index contributed by atoms with van der Waals surface area (Å²) >= 11 is 0. The Kier molecular flexibility index (Phi) is 8.42. The molecule has 3 aromatic rings. The Hall–Kier alpha value is -3.22. The van der Waals surface area contributed by atoms with Crippen LogP contribution in [0.4, 0.5) is 23.7 Å². The van der Waals surface area contributed by atoms with E-state index in [2.05, 4.69) is 12.2 Å². The van der Waals surface area contributed by atoms with Crippen LogP contribution in [0.15, 0.2) is 60.8 Å². The minimum Gasteiger partial charge on any atom is -0.345 e. The molecule has 2 aromatic carbocycles. The molecule has 0 aliphatic rings. The molecule has 0 fully saturated rings. The summed E-state index contributed by atoms with van der Waals surface area (Å²) in [5, 5.41) is 3.04. The molecule has 0 atom stereocenters. The molecule has 0 spiro atoms. The molecule has 1 heterocycles. The quantitative estimate of drug-likeness (QED) is 0.325. The number of hydrogen-bond donors (Lipinski definition) is 1. The third-order valence-corrected chi connectivity index (χ3v) is 6.05. The molecular weight excluding hydrogens is 439 g/mol. The maximum absolute atomic E-state index is 13.2. The van der Waals surface area contributed by atoms with Gasteiger partial charge in [0, 0.05) is 30.7 Å². The SMILES string of the molecule is CCCCCN(Cc1cccn1Cc1cccc(C(F)(F)F)c1)C(=O)Nc1cccc(C)c1C. The summed E-state index contributed by atoms with van der Waals surface area (Å²) in [5.74, 6) is 0. The van der Waals surface area contributed by atoms with Gasteiger partial charge in [0.15, 0.2) is 0 Å². The number of nitrogens with one attached hydrogen (secondary N) is 1. The molecule has 2 amide bonds. The molecule has 0 radical (unpaired) electrons. The number of halogens is 3. The van der Waals surface area contributed by atoms with E-state index in [0.717, 1.165) is 47.8 Å². The number of unbranched alkanes of at least 4 members (excludes halogenated alkanes) is 2. The van der Waals surface area contributed by atoms with Crippen molar-refractivity contribution in [1.82, 2.24) is 9.47 Å². The summed E-state index contributed by atoms with van der Waals surface area (Å²) in [6.07, 6.45) is 0.391. The van der Waals surface area contributed by atoms with Crippen LogP contribution >= 0.6 is 0 Å². The van der Waals surface area contributed by atoms with E-state index in [1.807, 2.05) is 54.9 Å². The van der Waals surface area contributed by atoms with E-state index in [1.54, 1.807) is 11.0 Å². The molecule has 7 heteroatoms. The van der Waals surface area contributed by atoms with E-state index in [0.29, 0.717) is 25.2 Å². The highest BCUT2D eigenvalue weighted by molar-refractivity contribution is 5.90. The lowest BCUT2D eigenvalue weighted by Gasteiger charge is -2.25. The Morgan fingerprint density at radius 1 is 1.03 bits per heavy atom. The highest BCUT2D eigenvalue weighted by Crippen LogP contribution is 2.30. The molecule has 0 aliphatic heterocycles. The number of rotatable bonds is 9. The van der Waals surface area contributed by atoms with Crippen LogP contribution in [0, 0.1) is 13.8 Å². The first-order chi connectivity index (χ1) is 16.2. The minimum atomic E-state index is -4.38. The molecule has 34 heavy (non-hydrogen) atoms. The monoisotopic (exact) mass is 471 g/mol. The van der Waals surface area contributed by atoms with E-state index in [1.165, 1.54) is 12.1 Å². The number of aromatic nitrogens is 1. The second-order valence-corrected chi connectivity index (χ2v) is 8.63. The fourth-order valence-electron chi connectivity index (χ4n) is 3.87. The summed E-state index contributed by atoms with van der Waals surface area (Å²) < 4.78 is 41.2. The number of hydrogen-bond acceptors (Lipinski definition) is 1. The van der Waals surface area contributed by atoms with E-state index in [4.69, 9.17) is 0 Å². The van der Waals surface area contributed by atoms with Crippen LogP contribution < -0.4 is 5.32 Å². The summed E-state index contributed by atoms with van der Waals surface area (Å²) in [6.45, 7) is 7.36. The van der Waals surface area contributed by atoms with Gasteiger partial charge in [0.2, 0.25) is 0 Å². The molecule has 1 aromatic heterocycles. The number of amides is 2. The van der Waals surface area contributed by atoms with Crippen molar-refractivity contribution in [3.63, 3.8) is 0 Å². The van der Waals surface area contributed by atoms with Gasteiger partial charge in [0.1, 0.15) is 0 Å². The first-order valence-corrected chi connectivity index (χ1v) is 11.6. The second kappa shape index (κ2) is 11.3. The van der Waals surface area contributed by atoms with Gasteiger partial charge in [-0.1, -0.05) is 44.0 Å². The van der Waals surface area contributed by atoms with Crippen LogP contribution in [-0.4, -0.2) is 22.0 Å². The lowest BCUT2D eigenvalue weighted by atomic mass is 10.1. The van der Waals surface area contributed by atoms with Gasteiger partial charge >= 0.3 is 12.2 Å². The molecule has 0 aliphatic carbocycles. The average molecular weight is 472 g/mol. The Morgan fingerprint density at radius 2 is 1.79 bits per heavy atom. The van der Waals surface area contributed by atoms with Gasteiger partial charge in [-0.2, -0.15) is 13.2 Å². The number of carbonyl (C=O) groups excluding carboxylic acids is 1. The van der Waals surface area contributed by atoms with Gasteiger partial charge < -0.3 is 14.8 Å². The van der Waals surface area contributed by atoms with Crippen LogP contribution in [-0.2, 0) is 19.3 Å². The maximum Gasteiger partial charge on any atom is 0.416 e.